The molecule has 0 heterocycles. The maximum atomic E-state index is 2.63. The Labute approximate surface area is 149 Å². The third-order valence-electron chi connectivity index (χ3n) is 7.14. The van der Waals surface area contributed by atoms with E-state index in [1.165, 1.54) is 57.8 Å². The molecule has 23 heavy (non-hydrogen) atoms. The Bertz CT molecular complexity index is 292. The van der Waals surface area contributed by atoms with Crippen LogP contribution < -0.4 is 0 Å². The molecule has 1 aliphatic rings. The molecule has 1 aliphatic carbocycles. The highest BCUT2D eigenvalue weighted by Crippen LogP contribution is 2.59. The van der Waals surface area contributed by atoms with Crippen molar-refractivity contribution >= 4 is 0 Å². The van der Waals surface area contributed by atoms with Gasteiger partial charge in [0.15, 0.2) is 0 Å². The van der Waals surface area contributed by atoms with Gasteiger partial charge in [0.25, 0.3) is 0 Å². The summed E-state index contributed by atoms with van der Waals surface area (Å²) in [6.45, 7) is 21.4. The summed E-state index contributed by atoms with van der Waals surface area (Å²) in [6, 6.07) is 0. The third kappa shape index (κ3) is 6.09. The van der Waals surface area contributed by atoms with Crippen molar-refractivity contribution in [2.75, 3.05) is 0 Å². The minimum atomic E-state index is 0.539. The molecule has 0 amide bonds. The first kappa shape index (κ1) is 23.0. The Hall–Kier alpha value is 0. The van der Waals surface area contributed by atoms with Gasteiger partial charge in [-0.15, -0.1) is 0 Å². The van der Waals surface area contributed by atoms with Crippen molar-refractivity contribution in [1.82, 2.24) is 0 Å². The lowest BCUT2D eigenvalue weighted by atomic mass is 9.49. The molecule has 4 atom stereocenters. The lowest BCUT2D eigenvalue weighted by Gasteiger charge is -2.56. The van der Waals surface area contributed by atoms with E-state index in [0.717, 1.165) is 17.8 Å². The van der Waals surface area contributed by atoms with Crippen LogP contribution in [0.5, 0.6) is 0 Å². The van der Waals surface area contributed by atoms with E-state index >= 15 is 0 Å². The van der Waals surface area contributed by atoms with Crippen molar-refractivity contribution in [1.29, 1.82) is 0 Å². The highest BCUT2D eigenvalue weighted by atomic mass is 14.5. The summed E-state index contributed by atoms with van der Waals surface area (Å²) in [7, 11) is 0. The van der Waals surface area contributed by atoms with Crippen LogP contribution in [0.15, 0.2) is 0 Å². The second-order valence-electron chi connectivity index (χ2n) is 8.95. The van der Waals surface area contributed by atoms with Gasteiger partial charge < -0.3 is 0 Å². The lowest BCUT2D eigenvalue weighted by molar-refractivity contribution is -0.0606. The van der Waals surface area contributed by atoms with Crippen LogP contribution in [-0.4, -0.2) is 0 Å². The van der Waals surface area contributed by atoms with Crippen LogP contribution in [0.1, 0.15) is 120 Å². The van der Waals surface area contributed by atoms with Gasteiger partial charge in [0.05, 0.1) is 0 Å². The molecule has 4 unspecified atom stereocenters. The van der Waals surface area contributed by atoms with E-state index in [1.54, 1.807) is 0 Å². The number of hydrogen-bond donors (Lipinski definition) is 0. The average molecular weight is 325 g/mol. The maximum Gasteiger partial charge on any atom is -0.0249 e. The third-order valence-corrected chi connectivity index (χ3v) is 7.14. The maximum absolute atomic E-state index is 2.63. The summed E-state index contributed by atoms with van der Waals surface area (Å²) in [5, 5.41) is 0. The van der Waals surface area contributed by atoms with Crippen molar-refractivity contribution in [3.8, 4) is 0 Å². The lowest BCUT2D eigenvalue weighted by Crippen LogP contribution is -2.47. The quantitative estimate of drug-likeness (QED) is 0.392. The zero-order chi connectivity index (χ0) is 18.1. The Balaban J connectivity index is 0.00000232. The molecule has 0 bridgehead atoms. The molecule has 0 saturated heterocycles. The fraction of sp³-hybridized carbons (Fsp3) is 1.00. The van der Waals surface area contributed by atoms with Gasteiger partial charge in [-0.1, -0.05) is 101 Å². The smallest absolute Gasteiger partial charge is 0.0249 e. The van der Waals surface area contributed by atoms with Crippen LogP contribution in [0.25, 0.3) is 0 Å². The van der Waals surface area contributed by atoms with E-state index in [0.29, 0.717) is 10.8 Å². The first-order valence-corrected chi connectivity index (χ1v) is 10.8. The zero-order valence-corrected chi connectivity index (χ0v) is 18.1. The van der Waals surface area contributed by atoms with E-state index in [1.807, 2.05) is 13.8 Å². The van der Waals surface area contributed by atoms with E-state index in [-0.39, 0.29) is 0 Å². The van der Waals surface area contributed by atoms with Crippen molar-refractivity contribution in [2.45, 2.75) is 120 Å². The number of hydrogen-bond acceptors (Lipinski definition) is 0. The summed E-state index contributed by atoms with van der Waals surface area (Å²) in [4.78, 5) is 0. The minimum Gasteiger partial charge on any atom is -0.0683 e. The molecule has 0 aliphatic heterocycles. The van der Waals surface area contributed by atoms with Gasteiger partial charge >= 0.3 is 0 Å². The molecular formula is C23H48. The van der Waals surface area contributed by atoms with Gasteiger partial charge in [0, 0.05) is 0 Å². The van der Waals surface area contributed by atoms with Crippen LogP contribution in [-0.2, 0) is 0 Å². The highest BCUT2D eigenvalue weighted by molar-refractivity contribution is 4.99. The minimum absolute atomic E-state index is 0.539. The number of unbranched alkanes of at least 4 members (excludes halogenated alkanes) is 2. The number of rotatable bonds is 8. The first-order valence-electron chi connectivity index (χ1n) is 10.8. The summed E-state index contributed by atoms with van der Waals surface area (Å²) < 4.78 is 0. The first-order chi connectivity index (χ1) is 10.8. The van der Waals surface area contributed by atoms with E-state index in [4.69, 9.17) is 0 Å². The predicted molar refractivity (Wildman–Crippen MR) is 108 cm³/mol. The summed E-state index contributed by atoms with van der Waals surface area (Å²) in [5.41, 5.74) is 1.09. The standard InChI is InChI=1S/C21H42.C2H6/c1-8-10-11-12-19(9-2)16-20(6)15-18(5)13-14-21(20,7)17(3)4;1-2/h17-19H,8-16H2,1-7H3;1-2H3. The largest absolute Gasteiger partial charge is 0.0683 e. The monoisotopic (exact) mass is 324 g/mol. The van der Waals surface area contributed by atoms with E-state index in [2.05, 4.69) is 48.5 Å². The summed E-state index contributed by atoms with van der Waals surface area (Å²) in [5.74, 6) is 2.68. The second kappa shape index (κ2) is 10.8. The van der Waals surface area contributed by atoms with Gasteiger partial charge in [-0.25, -0.2) is 0 Å². The highest BCUT2D eigenvalue weighted by Gasteiger charge is 2.49. The van der Waals surface area contributed by atoms with E-state index < -0.39 is 0 Å². The predicted octanol–water partition coefficient (Wildman–Crippen LogP) is 8.50. The Morgan fingerprint density at radius 3 is 2.13 bits per heavy atom. The fourth-order valence-corrected chi connectivity index (χ4v) is 5.03. The molecule has 1 saturated carbocycles. The van der Waals surface area contributed by atoms with Crippen molar-refractivity contribution in [2.24, 2.45) is 28.6 Å². The van der Waals surface area contributed by atoms with Gasteiger partial charge in [-0.05, 0) is 47.8 Å². The molecule has 0 nitrogen and oxygen atoms in total. The normalized spacial score (nSPS) is 32.3. The van der Waals surface area contributed by atoms with Crippen LogP contribution in [0.3, 0.4) is 0 Å². The molecule has 0 heteroatoms. The van der Waals surface area contributed by atoms with Crippen LogP contribution in [0, 0.1) is 28.6 Å². The SMILES string of the molecule is CC.CCCCCC(CC)CC1(C)CC(C)CCC1(C)C(C)C. The molecule has 0 spiro atoms. The van der Waals surface area contributed by atoms with Crippen LogP contribution >= 0.6 is 0 Å². The summed E-state index contributed by atoms with van der Waals surface area (Å²) >= 11 is 0. The summed E-state index contributed by atoms with van der Waals surface area (Å²) in [6.07, 6.45) is 12.9. The second-order valence-corrected chi connectivity index (χ2v) is 8.95. The molecule has 1 fully saturated rings. The molecular weight excluding hydrogens is 276 g/mol. The topological polar surface area (TPSA) is 0 Å². The van der Waals surface area contributed by atoms with Crippen LogP contribution in [0.4, 0.5) is 0 Å². The molecule has 0 aromatic carbocycles. The van der Waals surface area contributed by atoms with Gasteiger partial charge in [-0.3, -0.25) is 0 Å². The zero-order valence-electron chi connectivity index (χ0n) is 18.1. The van der Waals surface area contributed by atoms with Crippen molar-refractivity contribution in [3.63, 3.8) is 0 Å². The van der Waals surface area contributed by atoms with Crippen molar-refractivity contribution < 1.29 is 0 Å². The van der Waals surface area contributed by atoms with Gasteiger partial charge in [0.1, 0.15) is 0 Å². The van der Waals surface area contributed by atoms with Gasteiger partial charge in [0.2, 0.25) is 0 Å². The van der Waals surface area contributed by atoms with E-state index in [9.17, 15) is 0 Å². The van der Waals surface area contributed by atoms with Gasteiger partial charge in [-0.2, -0.15) is 0 Å². The molecule has 0 radical (unpaired) electrons. The molecule has 0 aromatic rings. The Morgan fingerprint density at radius 2 is 1.65 bits per heavy atom. The molecule has 1 rings (SSSR count). The Morgan fingerprint density at radius 1 is 1.04 bits per heavy atom. The Kier molecular flexibility index (Phi) is 10.8. The van der Waals surface area contributed by atoms with Crippen LogP contribution in [0.2, 0.25) is 0 Å². The molecule has 0 aromatic heterocycles. The molecule has 0 N–H and O–H groups in total. The van der Waals surface area contributed by atoms with Crippen molar-refractivity contribution in [3.05, 3.63) is 0 Å². The molecule has 140 valence electrons. The average Bonchev–Trinajstić information content (AvgIpc) is 2.52. The fourth-order valence-electron chi connectivity index (χ4n) is 5.03.